The molecule has 1 atom stereocenters. The van der Waals surface area contributed by atoms with E-state index in [0.29, 0.717) is 19.3 Å². The SMILES string of the molecule is CC/C=C\C/C=C\C/C=C\CCCCCC(=O)OC(COC(=O)CCCCCCCCCCC)COC(=O)CCCCCCCCCCCCCCCCCCC. The number of hydrogen-bond acceptors (Lipinski definition) is 6. The van der Waals surface area contributed by atoms with E-state index < -0.39 is 6.10 Å². The summed E-state index contributed by atoms with van der Waals surface area (Å²) in [6, 6.07) is 0. The fourth-order valence-electron chi connectivity index (χ4n) is 6.99. The van der Waals surface area contributed by atoms with Gasteiger partial charge in [-0.1, -0.05) is 218 Å². The van der Waals surface area contributed by atoms with Gasteiger partial charge in [0.2, 0.25) is 0 Å². The molecule has 0 bridgehead atoms. The second-order valence-corrected chi connectivity index (χ2v) is 16.4. The number of rotatable bonds is 44. The van der Waals surface area contributed by atoms with E-state index in [-0.39, 0.29) is 31.1 Å². The molecule has 0 aliphatic carbocycles. The van der Waals surface area contributed by atoms with Crippen molar-refractivity contribution < 1.29 is 28.6 Å². The van der Waals surface area contributed by atoms with E-state index in [1.807, 2.05) is 0 Å². The van der Waals surface area contributed by atoms with Gasteiger partial charge in [0, 0.05) is 19.3 Å². The van der Waals surface area contributed by atoms with E-state index in [1.165, 1.54) is 128 Å². The van der Waals surface area contributed by atoms with Gasteiger partial charge in [0.15, 0.2) is 6.10 Å². The molecule has 6 heteroatoms. The van der Waals surface area contributed by atoms with Crippen LogP contribution in [0.5, 0.6) is 0 Å². The smallest absolute Gasteiger partial charge is 0.306 e. The van der Waals surface area contributed by atoms with E-state index in [2.05, 4.69) is 57.2 Å². The molecule has 0 radical (unpaired) electrons. The number of esters is 3. The molecular weight excluding hydrogens is 709 g/mol. The number of ether oxygens (including phenoxy) is 3. The van der Waals surface area contributed by atoms with Crippen LogP contribution >= 0.6 is 0 Å². The molecule has 0 aliphatic heterocycles. The van der Waals surface area contributed by atoms with E-state index >= 15 is 0 Å². The molecule has 0 fully saturated rings. The Morgan fingerprint density at radius 1 is 0.368 bits per heavy atom. The number of carbonyl (C=O) groups excluding carboxylic acids is 3. The fourth-order valence-corrected chi connectivity index (χ4v) is 6.99. The molecule has 0 heterocycles. The van der Waals surface area contributed by atoms with Crippen LogP contribution in [0, 0.1) is 0 Å². The Hall–Kier alpha value is -2.37. The summed E-state index contributed by atoms with van der Waals surface area (Å²) in [7, 11) is 0. The summed E-state index contributed by atoms with van der Waals surface area (Å²) >= 11 is 0. The fraction of sp³-hybridized carbons (Fsp3) is 0.824. The summed E-state index contributed by atoms with van der Waals surface area (Å²) < 4.78 is 16.7. The molecule has 0 aromatic heterocycles. The van der Waals surface area contributed by atoms with Crippen LogP contribution in [0.25, 0.3) is 0 Å². The zero-order chi connectivity index (χ0) is 41.5. The molecule has 57 heavy (non-hydrogen) atoms. The highest BCUT2D eigenvalue weighted by molar-refractivity contribution is 5.71. The van der Waals surface area contributed by atoms with Gasteiger partial charge in [-0.05, 0) is 51.4 Å². The van der Waals surface area contributed by atoms with Crippen molar-refractivity contribution in [2.45, 2.75) is 258 Å². The molecule has 6 nitrogen and oxygen atoms in total. The molecule has 0 amide bonds. The Morgan fingerprint density at radius 2 is 0.684 bits per heavy atom. The van der Waals surface area contributed by atoms with Crippen molar-refractivity contribution in [3.63, 3.8) is 0 Å². The predicted molar refractivity (Wildman–Crippen MR) is 242 cm³/mol. The largest absolute Gasteiger partial charge is 0.462 e. The van der Waals surface area contributed by atoms with Gasteiger partial charge in [0.1, 0.15) is 13.2 Å². The molecule has 0 saturated carbocycles. The van der Waals surface area contributed by atoms with Crippen LogP contribution in [-0.2, 0) is 28.6 Å². The molecular formula is C51H92O6. The Balaban J connectivity index is 4.32. The van der Waals surface area contributed by atoms with Crippen LogP contribution in [0.1, 0.15) is 252 Å². The van der Waals surface area contributed by atoms with Gasteiger partial charge in [-0.3, -0.25) is 14.4 Å². The molecule has 0 aromatic rings. The molecule has 0 aromatic carbocycles. The molecule has 0 saturated heterocycles. The summed E-state index contributed by atoms with van der Waals surface area (Å²) in [5.74, 6) is -0.905. The van der Waals surface area contributed by atoms with Crippen molar-refractivity contribution in [2.24, 2.45) is 0 Å². The van der Waals surface area contributed by atoms with Crippen molar-refractivity contribution in [1.82, 2.24) is 0 Å². The maximum Gasteiger partial charge on any atom is 0.306 e. The standard InChI is InChI=1S/C51H92O6/c1-4-7-10-13-16-19-21-23-24-25-26-28-29-32-35-38-41-44-50(53)56-47-48(46-55-49(52)43-40-37-34-31-18-15-12-9-6-3)57-51(54)45-42-39-36-33-30-27-22-20-17-14-11-8-5-2/h8,11,17,20,27,30,48H,4-7,9-10,12-16,18-19,21-26,28-29,31-47H2,1-3H3/b11-8-,20-17-,30-27-. The lowest BCUT2D eigenvalue weighted by molar-refractivity contribution is -0.167. The van der Waals surface area contributed by atoms with E-state index in [4.69, 9.17) is 14.2 Å². The Bertz CT molecular complexity index is 969. The first-order chi connectivity index (χ1) is 28.0. The van der Waals surface area contributed by atoms with Crippen LogP contribution in [0.4, 0.5) is 0 Å². The highest BCUT2D eigenvalue weighted by Gasteiger charge is 2.19. The first-order valence-electron chi connectivity index (χ1n) is 24.5. The monoisotopic (exact) mass is 801 g/mol. The minimum atomic E-state index is -0.780. The lowest BCUT2D eigenvalue weighted by Gasteiger charge is -2.18. The zero-order valence-electron chi connectivity index (χ0n) is 37.9. The van der Waals surface area contributed by atoms with Crippen molar-refractivity contribution in [3.8, 4) is 0 Å². The van der Waals surface area contributed by atoms with Crippen LogP contribution in [0.15, 0.2) is 36.5 Å². The van der Waals surface area contributed by atoms with Gasteiger partial charge in [0.05, 0.1) is 0 Å². The summed E-state index contributed by atoms with van der Waals surface area (Å²) in [4.78, 5) is 37.8. The maximum absolute atomic E-state index is 12.7. The molecule has 0 N–H and O–H groups in total. The van der Waals surface area contributed by atoms with Crippen molar-refractivity contribution in [2.75, 3.05) is 13.2 Å². The van der Waals surface area contributed by atoms with E-state index in [0.717, 1.165) is 83.5 Å². The van der Waals surface area contributed by atoms with Gasteiger partial charge in [-0.25, -0.2) is 0 Å². The molecule has 332 valence electrons. The van der Waals surface area contributed by atoms with Crippen molar-refractivity contribution in [3.05, 3.63) is 36.5 Å². The van der Waals surface area contributed by atoms with Gasteiger partial charge < -0.3 is 14.2 Å². The average molecular weight is 801 g/mol. The lowest BCUT2D eigenvalue weighted by atomic mass is 10.0. The van der Waals surface area contributed by atoms with Crippen molar-refractivity contribution >= 4 is 17.9 Å². The Morgan fingerprint density at radius 3 is 1.07 bits per heavy atom. The molecule has 0 aliphatic rings. The minimum absolute atomic E-state index is 0.0804. The van der Waals surface area contributed by atoms with Gasteiger partial charge in [-0.15, -0.1) is 0 Å². The summed E-state index contributed by atoms with van der Waals surface area (Å²) in [6.45, 7) is 6.49. The van der Waals surface area contributed by atoms with Crippen LogP contribution in [0.3, 0.4) is 0 Å². The first kappa shape index (κ1) is 54.6. The van der Waals surface area contributed by atoms with Crippen LogP contribution in [-0.4, -0.2) is 37.2 Å². The Labute approximate surface area is 353 Å². The molecule has 0 rings (SSSR count). The van der Waals surface area contributed by atoms with E-state index in [1.54, 1.807) is 0 Å². The van der Waals surface area contributed by atoms with Crippen LogP contribution < -0.4 is 0 Å². The number of allylic oxidation sites excluding steroid dienone is 6. The second-order valence-electron chi connectivity index (χ2n) is 16.4. The normalized spacial score (nSPS) is 12.3. The maximum atomic E-state index is 12.7. The first-order valence-corrected chi connectivity index (χ1v) is 24.5. The number of hydrogen-bond donors (Lipinski definition) is 0. The highest BCUT2D eigenvalue weighted by atomic mass is 16.6. The van der Waals surface area contributed by atoms with Crippen molar-refractivity contribution in [1.29, 1.82) is 0 Å². The van der Waals surface area contributed by atoms with Gasteiger partial charge >= 0.3 is 17.9 Å². The third kappa shape index (κ3) is 44.6. The topological polar surface area (TPSA) is 78.9 Å². The zero-order valence-corrected chi connectivity index (χ0v) is 37.9. The number of carbonyl (C=O) groups is 3. The molecule has 0 spiro atoms. The van der Waals surface area contributed by atoms with Crippen LogP contribution in [0.2, 0.25) is 0 Å². The quantitative estimate of drug-likeness (QED) is 0.0264. The minimum Gasteiger partial charge on any atom is -0.462 e. The lowest BCUT2D eigenvalue weighted by Crippen LogP contribution is -2.30. The number of unbranched alkanes of at least 4 members (excludes halogenated alkanes) is 27. The Kier molecular flexibility index (Phi) is 44.4. The predicted octanol–water partition coefficient (Wildman–Crippen LogP) is 15.8. The summed E-state index contributed by atoms with van der Waals surface area (Å²) in [6.07, 6.45) is 52.8. The highest BCUT2D eigenvalue weighted by Crippen LogP contribution is 2.16. The van der Waals surface area contributed by atoms with Gasteiger partial charge in [-0.2, -0.15) is 0 Å². The van der Waals surface area contributed by atoms with E-state index in [9.17, 15) is 14.4 Å². The second kappa shape index (κ2) is 46.3. The third-order valence-electron chi connectivity index (χ3n) is 10.7. The van der Waals surface area contributed by atoms with Gasteiger partial charge in [0.25, 0.3) is 0 Å². The average Bonchev–Trinajstić information content (AvgIpc) is 3.21. The summed E-state index contributed by atoms with van der Waals surface area (Å²) in [5, 5.41) is 0. The molecule has 1 unspecified atom stereocenters. The summed E-state index contributed by atoms with van der Waals surface area (Å²) in [5.41, 5.74) is 0. The third-order valence-corrected chi connectivity index (χ3v) is 10.7.